The lowest BCUT2D eigenvalue weighted by atomic mass is 10.1. The van der Waals surface area contributed by atoms with Crippen LogP contribution in [0.4, 0.5) is 20.3 Å². The topological polar surface area (TPSA) is 98.7 Å². The summed E-state index contributed by atoms with van der Waals surface area (Å²) >= 11 is 1.51. The number of nitrogens with zero attached hydrogens (tertiary/aromatic N) is 3. The van der Waals surface area contributed by atoms with Crippen LogP contribution in [-0.4, -0.2) is 47.8 Å². The Labute approximate surface area is 199 Å². The number of nitrogens with one attached hydrogen (secondary N) is 2. The number of fused-ring (bicyclic) bond motifs is 1. The Balaban J connectivity index is 1.48. The van der Waals surface area contributed by atoms with Gasteiger partial charge in [0.25, 0.3) is 0 Å². The van der Waals surface area contributed by atoms with Crippen molar-refractivity contribution in [2.45, 2.75) is 4.90 Å². The summed E-state index contributed by atoms with van der Waals surface area (Å²) in [7, 11) is 1.29. The van der Waals surface area contributed by atoms with Crippen LogP contribution in [0.2, 0.25) is 0 Å². The normalized spacial score (nSPS) is 11.2. The van der Waals surface area contributed by atoms with Crippen LogP contribution in [0.25, 0.3) is 16.9 Å². The third-order valence-corrected chi connectivity index (χ3v) is 5.74. The van der Waals surface area contributed by atoms with Gasteiger partial charge in [0.15, 0.2) is 23.0 Å². The molecule has 2 heterocycles. The first-order valence-electron chi connectivity index (χ1n) is 10.5. The molecule has 4 aromatic rings. The van der Waals surface area contributed by atoms with Crippen molar-refractivity contribution in [3.63, 3.8) is 0 Å². The molecule has 2 aromatic heterocycles. The highest BCUT2D eigenvalue weighted by Gasteiger charge is 2.19. The first kappa shape index (κ1) is 23.9. The summed E-state index contributed by atoms with van der Waals surface area (Å²) in [5.41, 5.74) is 7.14. The lowest BCUT2D eigenvalue weighted by Gasteiger charge is -2.10. The summed E-state index contributed by atoms with van der Waals surface area (Å²) < 4.78 is 43.9. The number of imidazole rings is 1. The Bertz CT molecular complexity index is 1250. The largest absolute Gasteiger partial charge is 0.494 e. The monoisotopic (exact) mass is 486 g/mol. The van der Waals surface area contributed by atoms with Gasteiger partial charge in [0.2, 0.25) is 5.82 Å². The minimum Gasteiger partial charge on any atom is -0.494 e. The van der Waals surface area contributed by atoms with Crippen molar-refractivity contribution in [3.05, 3.63) is 66.6 Å². The molecule has 0 saturated heterocycles. The summed E-state index contributed by atoms with van der Waals surface area (Å²) in [5.74, 6) is -1.72. The molecule has 0 spiro atoms. The second-order valence-corrected chi connectivity index (χ2v) is 8.07. The standard InChI is InChI=1S/C23H24F2N6O2S/c1-32-19-7-6-17(20(24)21(19)25)18-14-28-23-22(27-9-11-31(18)23)30-15-2-4-16(5-3-15)34-29-10-13-33-12-8-26/h2-7,9,11,14,29H,8,10,12-13,26H2,1H3,(H,27,30). The molecule has 178 valence electrons. The van der Waals surface area contributed by atoms with E-state index >= 15 is 0 Å². The smallest absolute Gasteiger partial charge is 0.201 e. The molecule has 4 rings (SSSR count). The lowest BCUT2D eigenvalue weighted by Crippen LogP contribution is -2.16. The zero-order valence-electron chi connectivity index (χ0n) is 18.4. The van der Waals surface area contributed by atoms with Gasteiger partial charge in [-0.3, -0.25) is 9.12 Å². The summed E-state index contributed by atoms with van der Waals surface area (Å²) in [5, 5.41) is 3.23. The number of hydrogen-bond donors (Lipinski definition) is 3. The minimum atomic E-state index is -1.04. The Morgan fingerprint density at radius 3 is 2.65 bits per heavy atom. The van der Waals surface area contributed by atoms with Crippen LogP contribution in [0.5, 0.6) is 5.75 Å². The number of aromatic nitrogens is 3. The molecule has 0 radical (unpaired) electrons. The molecular formula is C23H24F2N6O2S. The first-order valence-corrected chi connectivity index (χ1v) is 11.3. The second kappa shape index (κ2) is 11.3. The molecule has 34 heavy (non-hydrogen) atoms. The number of halogens is 2. The zero-order valence-corrected chi connectivity index (χ0v) is 19.2. The minimum absolute atomic E-state index is 0.0743. The quantitative estimate of drug-likeness (QED) is 0.216. The number of methoxy groups -OCH3 is 1. The van der Waals surface area contributed by atoms with Crippen LogP contribution in [0.3, 0.4) is 0 Å². The van der Waals surface area contributed by atoms with Gasteiger partial charge in [0.1, 0.15) is 0 Å². The molecule has 0 aliphatic heterocycles. The lowest BCUT2D eigenvalue weighted by molar-refractivity contribution is 0.147. The van der Waals surface area contributed by atoms with E-state index in [2.05, 4.69) is 20.0 Å². The summed E-state index contributed by atoms with van der Waals surface area (Å²) in [6.07, 6.45) is 4.70. The van der Waals surface area contributed by atoms with Crippen molar-refractivity contribution >= 4 is 29.1 Å². The van der Waals surface area contributed by atoms with E-state index in [-0.39, 0.29) is 11.3 Å². The third kappa shape index (κ3) is 5.28. The van der Waals surface area contributed by atoms with Gasteiger partial charge in [-0.25, -0.2) is 14.4 Å². The molecule has 0 atom stereocenters. The molecule has 0 saturated carbocycles. The molecule has 2 aromatic carbocycles. The molecular weight excluding hydrogens is 462 g/mol. The van der Waals surface area contributed by atoms with Gasteiger partial charge in [-0.1, -0.05) is 0 Å². The molecule has 8 nitrogen and oxygen atoms in total. The van der Waals surface area contributed by atoms with Crippen molar-refractivity contribution in [2.24, 2.45) is 5.73 Å². The second-order valence-electron chi connectivity index (χ2n) is 7.10. The average molecular weight is 487 g/mol. The molecule has 0 bridgehead atoms. The molecule has 0 aliphatic carbocycles. The zero-order chi connectivity index (χ0) is 23.9. The maximum absolute atomic E-state index is 14.6. The molecule has 0 unspecified atom stereocenters. The van der Waals surface area contributed by atoms with Crippen LogP contribution in [0, 0.1) is 11.6 Å². The predicted octanol–water partition coefficient (Wildman–Crippen LogP) is 4.00. The third-order valence-electron chi connectivity index (χ3n) is 4.89. The van der Waals surface area contributed by atoms with Crippen molar-refractivity contribution in [1.29, 1.82) is 0 Å². The summed E-state index contributed by atoms with van der Waals surface area (Å²) in [6.45, 7) is 2.37. The highest BCUT2D eigenvalue weighted by molar-refractivity contribution is 7.97. The summed E-state index contributed by atoms with van der Waals surface area (Å²) in [4.78, 5) is 9.78. The van der Waals surface area contributed by atoms with Crippen LogP contribution < -0.4 is 20.5 Å². The fourth-order valence-electron chi connectivity index (χ4n) is 3.27. The Morgan fingerprint density at radius 1 is 1.06 bits per heavy atom. The molecule has 4 N–H and O–H groups in total. The summed E-state index contributed by atoms with van der Waals surface area (Å²) in [6, 6.07) is 10.6. The van der Waals surface area contributed by atoms with Crippen molar-refractivity contribution in [2.75, 3.05) is 38.7 Å². The van der Waals surface area contributed by atoms with E-state index in [4.69, 9.17) is 15.2 Å². The fraction of sp³-hybridized carbons (Fsp3) is 0.217. The average Bonchev–Trinajstić information content (AvgIpc) is 3.29. The van der Waals surface area contributed by atoms with Crippen LogP contribution in [0.1, 0.15) is 0 Å². The van der Waals surface area contributed by atoms with Crippen molar-refractivity contribution < 1.29 is 18.3 Å². The first-order chi connectivity index (χ1) is 16.6. The van der Waals surface area contributed by atoms with E-state index in [1.54, 1.807) is 16.8 Å². The molecule has 0 fully saturated rings. The number of nitrogens with two attached hydrogens (primary N) is 1. The van der Waals surface area contributed by atoms with E-state index in [1.165, 1.54) is 37.4 Å². The van der Waals surface area contributed by atoms with Crippen LogP contribution >= 0.6 is 11.9 Å². The Morgan fingerprint density at radius 2 is 1.88 bits per heavy atom. The molecule has 0 amide bonds. The van der Waals surface area contributed by atoms with Gasteiger partial charge < -0.3 is 20.5 Å². The maximum Gasteiger partial charge on any atom is 0.201 e. The Hall–Kier alpha value is -3.25. The number of anilines is 2. The van der Waals surface area contributed by atoms with Gasteiger partial charge >= 0.3 is 0 Å². The fourth-order valence-corrected chi connectivity index (χ4v) is 3.89. The van der Waals surface area contributed by atoms with E-state index in [9.17, 15) is 8.78 Å². The highest BCUT2D eigenvalue weighted by Crippen LogP contribution is 2.31. The number of hydrogen-bond acceptors (Lipinski definition) is 8. The Kier molecular flexibility index (Phi) is 7.91. The van der Waals surface area contributed by atoms with E-state index in [0.717, 1.165) is 10.6 Å². The van der Waals surface area contributed by atoms with Crippen LogP contribution in [-0.2, 0) is 4.74 Å². The number of rotatable bonds is 11. The highest BCUT2D eigenvalue weighted by atomic mass is 32.2. The van der Waals surface area contributed by atoms with Crippen molar-refractivity contribution in [3.8, 4) is 17.0 Å². The number of benzene rings is 2. The van der Waals surface area contributed by atoms with E-state index in [0.29, 0.717) is 43.5 Å². The SMILES string of the molecule is COc1ccc(-c2cnc3c(Nc4ccc(SNCCOCCN)cc4)nccn23)c(F)c1F. The molecule has 0 aliphatic rings. The van der Waals surface area contributed by atoms with Gasteiger partial charge in [-0.15, -0.1) is 0 Å². The van der Waals surface area contributed by atoms with Crippen LogP contribution in [0.15, 0.2) is 59.9 Å². The van der Waals surface area contributed by atoms with Gasteiger partial charge in [-0.05, 0) is 48.3 Å². The van der Waals surface area contributed by atoms with Crippen molar-refractivity contribution in [1.82, 2.24) is 19.1 Å². The van der Waals surface area contributed by atoms with Gasteiger partial charge in [0.05, 0.1) is 32.2 Å². The number of ether oxygens (including phenoxy) is 2. The molecule has 11 heteroatoms. The van der Waals surface area contributed by atoms with E-state index < -0.39 is 11.6 Å². The van der Waals surface area contributed by atoms with E-state index in [1.807, 2.05) is 24.3 Å². The maximum atomic E-state index is 14.6. The van der Waals surface area contributed by atoms with Gasteiger partial charge in [-0.2, -0.15) is 4.39 Å². The predicted molar refractivity (Wildman–Crippen MR) is 128 cm³/mol. The van der Waals surface area contributed by atoms with Gasteiger partial charge in [0, 0.05) is 41.6 Å².